The minimum Gasteiger partial charge on any atom is -0.477 e. The lowest BCUT2D eigenvalue weighted by molar-refractivity contribution is -0.129. The molecule has 84 valence electrons. The maximum absolute atomic E-state index is 10.8. The molecule has 0 aromatic heterocycles. The summed E-state index contributed by atoms with van der Waals surface area (Å²) in [6.07, 6.45) is 0.121. The van der Waals surface area contributed by atoms with Crippen LogP contribution in [0.5, 0.6) is 0 Å². The van der Waals surface area contributed by atoms with E-state index in [1.54, 1.807) is 24.3 Å². The lowest BCUT2D eigenvalue weighted by Crippen LogP contribution is -2.28. The van der Waals surface area contributed by atoms with E-state index in [4.69, 9.17) is 10.8 Å². The third-order valence-electron chi connectivity index (χ3n) is 1.76. The lowest BCUT2D eigenvalue weighted by Gasteiger charge is -2.01. The van der Waals surface area contributed by atoms with E-state index >= 15 is 0 Å². The number of hydrazone groups is 1. The number of hydrogen-bond acceptors (Lipinski definition) is 3. The molecule has 0 bridgehead atoms. The molecule has 0 aliphatic rings. The third-order valence-corrected chi connectivity index (χ3v) is 1.76. The van der Waals surface area contributed by atoms with Gasteiger partial charge >= 0.3 is 12.0 Å². The number of carboxylic acid groups (broad SMARTS) is 1. The summed E-state index contributed by atoms with van der Waals surface area (Å²) in [5.74, 6) is -1.20. The van der Waals surface area contributed by atoms with Crippen LogP contribution < -0.4 is 11.2 Å². The van der Waals surface area contributed by atoms with E-state index in [1.165, 1.54) is 0 Å². The van der Waals surface area contributed by atoms with Gasteiger partial charge < -0.3 is 10.8 Å². The van der Waals surface area contributed by atoms with Crippen molar-refractivity contribution in [2.24, 2.45) is 10.8 Å². The van der Waals surface area contributed by atoms with Gasteiger partial charge in [-0.2, -0.15) is 5.10 Å². The molecular weight excluding hydrogens is 210 g/mol. The topological polar surface area (TPSA) is 105 Å². The van der Waals surface area contributed by atoms with Crippen molar-refractivity contribution in [3.8, 4) is 0 Å². The van der Waals surface area contributed by atoms with Crippen molar-refractivity contribution < 1.29 is 14.7 Å². The average Bonchev–Trinajstić information content (AvgIpc) is 2.25. The molecule has 4 N–H and O–H groups in total. The van der Waals surface area contributed by atoms with Gasteiger partial charge in [-0.05, 0) is 5.56 Å². The molecule has 0 atom stereocenters. The number of amides is 2. The second-order valence-electron chi connectivity index (χ2n) is 3.00. The first kappa shape index (κ1) is 11.7. The molecule has 1 aromatic rings. The summed E-state index contributed by atoms with van der Waals surface area (Å²) >= 11 is 0. The van der Waals surface area contributed by atoms with Crippen molar-refractivity contribution in [3.05, 3.63) is 35.9 Å². The van der Waals surface area contributed by atoms with E-state index in [1.807, 2.05) is 11.5 Å². The van der Waals surface area contributed by atoms with Gasteiger partial charge in [0, 0.05) is 6.42 Å². The van der Waals surface area contributed by atoms with Crippen LogP contribution in [0.4, 0.5) is 4.79 Å². The molecule has 0 fully saturated rings. The molecule has 0 heterocycles. The van der Waals surface area contributed by atoms with E-state index in [-0.39, 0.29) is 12.1 Å². The summed E-state index contributed by atoms with van der Waals surface area (Å²) in [6, 6.07) is 8.03. The van der Waals surface area contributed by atoms with E-state index in [0.29, 0.717) is 0 Å². The number of benzene rings is 1. The van der Waals surface area contributed by atoms with Crippen molar-refractivity contribution in [3.63, 3.8) is 0 Å². The zero-order valence-electron chi connectivity index (χ0n) is 8.38. The summed E-state index contributed by atoms with van der Waals surface area (Å²) in [6.45, 7) is 0. The van der Waals surface area contributed by atoms with Gasteiger partial charge in [-0.3, -0.25) is 0 Å². The third kappa shape index (κ3) is 3.79. The first-order valence-corrected chi connectivity index (χ1v) is 4.49. The highest BCUT2D eigenvalue weighted by Crippen LogP contribution is 2.01. The number of aliphatic carboxylic acids is 1. The Morgan fingerprint density at radius 3 is 2.44 bits per heavy atom. The largest absolute Gasteiger partial charge is 0.477 e. The van der Waals surface area contributed by atoms with E-state index in [0.717, 1.165) is 5.56 Å². The first-order valence-electron chi connectivity index (χ1n) is 4.49. The summed E-state index contributed by atoms with van der Waals surface area (Å²) in [5, 5.41) is 12.2. The Labute approximate surface area is 91.8 Å². The second-order valence-corrected chi connectivity index (χ2v) is 3.00. The molecular formula is C10H11N3O3. The number of carbonyl (C=O) groups excluding carboxylic acids is 1. The van der Waals surface area contributed by atoms with Gasteiger partial charge in [0.15, 0.2) is 0 Å². The van der Waals surface area contributed by atoms with Gasteiger partial charge in [0.05, 0.1) is 0 Å². The average molecular weight is 221 g/mol. The predicted molar refractivity (Wildman–Crippen MR) is 57.9 cm³/mol. The van der Waals surface area contributed by atoms with Crippen LogP contribution in [0.2, 0.25) is 0 Å². The molecule has 0 unspecified atom stereocenters. The van der Waals surface area contributed by atoms with Crippen molar-refractivity contribution >= 4 is 17.7 Å². The second kappa shape index (κ2) is 5.50. The lowest BCUT2D eigenvalue weighted by atomic mass is 10.1. The molecule has 6 heteroatoms. The van der Waals surface area contributed by atoms with Crippen molar-refractivity contribution in [1.29, 1.82) is 0 Å². The standard InChI is InChI=1S/C10H11N3O3/c11-10(16)13-12-8(9(14)15)6-7-4-2-1-3-5-7/h1-5H,6H2,(H,14,15)(H3,11,13,16). The highest BCUT2D eigenvalue weighted by molar-refractivity contribution is 6.36. The quantitative estimate of drug-likeness (QED) is 0.504. The number of nitrogens with one attached hydrogen (secondary N) is 1. The van der Waals surface area contributed by atoms with Crippen molar-refractivity contribution in [1.82, 2.24) is 5.43 Å². The molecule has 16 heavy (non-hydrogen) atoms. The van der Waals surface area contributed by atoms with Crippen molar-refractivity contribution in [2.75, 3.05) is 0 Å². The number of carboxylic acids is 1. The summed E-state index contributed by atoms with van der Waals surface area (Å²) in [4.78, 5) is 21.2. The fourth-order valence-corrected chi connectivity index (χ4v) is 1.07. The Morgan fingerprint density at radius 2 is 1.94 bits per heavy atom. The van der Waals surface area contributed by atoms with Gasteiger partial charge in [-0.25, -0.2) is 15.0 Å². The van der Waals surface area contributed by atoms with Gasteiger partial charge in [0.25, 0.3) is 0 Å². The highest BCUT2D eigenvalue weighted by Gasteiger charge is 2.10. The minimum absolute atomic E-state index is 0.121. The molecule has 0 aliphatic heterocycles. The van der Waals surface area contributed by atoms with Crippen LogP contribution in [-0.2, 0) is 11.2 Å². The highest BCUT2D eigenvalue weighted by atomic mass is 16.4. The molecule has 0 saturated carbocycles. The first-order chi connectivity index (χ1) is 7.59. The number of urea groups is 1. The van der Waals surface area contributed by atoms with Crippen LogP contribution in [0.25, 0.3) is 0 Å². The maximum atomic E-state index is 10.8. The van der Waals surface area contributed by atoms with Crippen LogP contribution >= 0.6 is 0 Å². The summed E-state index contributed by atoms with van der Waals surface area (Å²) in [7, 11) is 0. The Balaban J connectivity index is 2.77. The number of nitrogens with two attached hydrogens (primary N) is 1. The Hall–Kier alpha value is -2.37. The zero-order chi connectivity index (χ0) is 12.0. The minimum atomic E-state index is -1.20. The molecule has 0 radical (unpaired) electrons. The molecule has 1 aromatic carbocycles. The number of rotatable bonds is 4. The van der Waals surface area contributed by atoms with Gasteiger partial charge in [0.2, 0.25) is 0 Å². The molecule has 0 saturated heterocycles. The molecule has 1 rings (SSSR count). The molecule has 6 nitrogen and oxygen atoms in total. The van der Waals surface area contributed by atoms with Crippen LogP contribution in [0.3, 0.4) is 0 Å². The predicted octanol–water partition coefficient (Wildman–Crippen LogP) is 0.338. The van der Waals surface area contributed by atoms with E-state index < -0.39 is 12.0 Å². The molecule has 0 aliphatic carbocycles. The van der Waals surface area contributed by atoms with Gasteiger partial charge in [0.1, 0.15) is 5.71 Å². The SMILES string of the molecule is NC(=O)NN=C(Cc1ccccc1)C(=O)O. The Morgan fingerprint density at radius 1 is 1.31 bits per heavy atom. The monoisotopic (exact) mass is 221 g/mol. The van der Waals surface area contributed by atoms with Gasteiger partial charge in [-0.15, -0.1) is 0 Å². The van der Waals surface area contributed by atoms with Crippen LogP contribution in [-0.4, -0.2) is 22.8 Å². The maximum Gasteiger partial charge on any atom is 0.352 e. The fraction of sp³-hybridized carbons (Fsp3) is 0.100. The number of carbonyl (C=O) groups is 2. The molecule has 2 amide bonds. The van der Waals surface area contributed by atoms with Crippen LogP contribution in [0, 0.1) is 0 Å². The Kier molecular flexibility index (Phi) is 4.02. The van der Waals surface area contributed by atoms with Gasteiger partial charge in [-0.1, -0.05) is 30.3 Å². The number of primary amides is 1. The van der Waals surface area contributed by atoms with E-state index in [9.17, 15) is 9.59 Å². The zero-order valence-corrected chi connectivity index (χ0v) is 8.38. The van der Waals surface area contributed by atoms with Crippen molar-refractivity contribution in [2.45, 2.75) is 6.42 Å². The normalized spacial score (nSPS) is 10.9. The number of hydrogen-bond donors (Lipinski definition) is 3. The van der Waals surface area contributed by atoms with Crippen LogP contribution in [0.15, 0.2) is 35.4 Å². The molecule has 0 spiro atoms. The summed E-state index contributed by atoms with van der Waals surface area (Å²) < 4.78 is 0. The van der Waals surface area contributed by atoms with E-state index in [2.05, 4.69) is 5.10 Å². The smallest absolute Gasteiger partial charge is 0.352 e. The van der Waals surface area contributed by atoms with Crippen LogP contribution in [0.1, 0.15) is 5.56 Å². The Bertz CT molecular complexity index is 415. The summed E-state index contributed by atoms with van der Waals surface area (Å²) in [5.41, 5.74) is 7.29. The fourth-order valence-electron chi connectivity index (χ4n) is 1.07. The number of nitrogens with zero attached hydrogens (tertiary/aromatic N) is 1.